The minimum Gasteiger partial charge on any atom is -0.348 e. The van der Waals surface area contributed by atoms with E-state index in [4.69, 9.17) is 4.98 Å². The van der Waals surface area contributed by atoms with Gasteiger partial charge in [-0.3, -0.25) is 0 Å². The molecule has 0 amide bonds. The van der Waals surface area contributed by atoms with E-state index in [2.05, 4.69) is 49.7 Å². The Kier molecular flexibility index (Phi) is 7.04. The number of hydrogen-bond donors (Lipinski definition) is 1. The van der Waals surface area contributed by atoms with Crippen molar-refractivity contribution in [3.63, 3.8) is 0 Å². The van der Waals surface area contributed by atoms with Gasteiger partial charge in [0.25, 0.3) is 0 Å². The molecule has 2 unspecified atom stereocenters. The van der Waals surface area contributed by atoms with Crippen LogP contribution in [0.1, 0.15) is 38.9 Å². The monoisotopic (exact) mass is 287 g/mol. The van der Waals surface area contributed by atoms with E-state index >= 15 is 0 Å². The van der Waals surface area contributed by atoms with Gasteiger partial charge in [-0.05, 0) is 38.8 Å². The molecule has 0 spiro atoms. The van der Waals surface area contributed by atoms with Crippen LogP contribution in [-0.2, 0) is 0 Å². The second-order valence-corrected chi connectivity index (χ2v) is 6.40. The number of anilines is 1. The topological polar surface area (TPSA) is 28.2 Å². The molecule has 1 aromatic rings. The van der Waals surface area contributed by atoms with Gasteiger partial charge in [0.2, 0.25) is 0 Å². The van der Waals surface area contributed by atoms with Gasteiger partial charge in [-0.2, -0.15) is 11.8 Å². The van der Waals surface area contributed by atoms with Crippen LogP contribution in [0.5, 0.6) is 0 Å². The van der Waals surface area contributed by atoms with Gasteiger partial charge in [0.05, 0.1) is 5.69 Å². The van der Waals surface area contributed by atoms with E-state index in [1.807, 2.05) is 11.8 Å². The lowest BCUT2D eigenvalue weighted by atomic mass is 10.2. The predicted molar refractivity (Wildman–Crippen MR) is 85.1 cm³/mol. The summed E-state index contributed by atoms with van der Waals surface area (Å²) in [5.74, 6) is 1.21. The number of thioether (sulfide) groups is 1. The summed E-state index contributed by atoms with van der Waals surface area (Å²) >= 11 is 3.65. The van der Waals surface area contributed by atoms with Gasteiger partial charge < -0.3 is 10.2 Å². The molecule has 0 radical (unpaired) electrons. The van der Waals surface area contributed by atoms with E-state index in [1.165, 1.54) is 12.2 Å². The van der Waals surface area contributed by atoms with E-state index in [0.29, 0.717) is 12.1 Å². The van der Waals surface area contributed by atoms with Gasteiger partial charge in [0.15, 0.2) is 5.13 Å². The lowest BCUT2D eigenvalue weighted by Gasteiger charge is -2.24. The van der Waals surface area contributed by atoms with E-state index in [9.17, 15) is 0 Å². The molecule has 2 atom stereocenters. The molecule has 104 valence electrons. The average Bonchev–Trinajstić information content (AvgIpc) is 2.84. The summed E-state index contributed by atoms with van der Waals surface area (Å²) in [6.45, 7) is 7.54. The minimum absolute atomic E-state index is 0.343. The minimum atomic E-state index is 0.343. The largest absolute Gasteiger partial charge is 0.348 e. The van der Waals surface area contributed by atoms with E-state index in [1.54, 1.807) is 11.3 Å². The number of nitrogens with one attached hydrogen (secondary N) is 1. The molecular formula is C13H25N3S2. The number of aromatic nitrogens is 1. The Morgan fingerprint density at radius 3 is 2.83 bits per heavy atom. The second-order valence-electron chi connectivity index (χ2n) is 4.58. The molecule has 0 aromatic carbocycles. The van der Waals surface area contributed by atoms with Crippen LogP contribution in [0.4, 0.5) is 5.13 Å². The average molecular weight is 287 g/mol. The van der Waals surface area contributed by atoms with Crippen molar-refractivity contribution >= 4 is 28.2 Å². The number of nitrogens with zero attached hydrogens (tertiary/aromatic N) is 2. The highest BCUT2D eigenvalue weighted by Gasteiger charge is 2.15. The Morgan fingerprint density at radius 1 is 1.50 bits per heavy atom. The highest BCUT2D eigenvalue weighted by atomic mass is 32.2. The first kappa shape index (κ1) is 15.8. The van der Waals surface area contributed by atoms with E-state index < -0.39 is 0 Å². The number of thiazole rings is 1. The van der Waals surface area contributed by atoms with Crippen molar-refractivity contribution in [2.45, 2.75) is 39.3 Å². The van der Waals surface area contributed by atoms with Crippen LogP contribution >= 0.6 is 23.1 Å². The molecule has 1 N–H and O–H groups in total. The van der Waals surface area contributed by atoms with Crippen LogP contribution in [0.2, 0.25) is 0 Å². The molecule has 1 rings (SSSR count). The second kappa shape index (κ2) is 8.02. The molecule has 5 heteroatoms. The quantitative estimate of drug-likeness (QED) is 0.793. The molecule has 18 heavy (non-hydrogen) atoms. The molecule has 0 saturated heterocycles. The van der Waals surface area contributed by atoms with Crippen molar-refractivity contribution in [3.8, 4) is 0 Å². The third kappa shape index (κ3) is 4.44. The fourth-order valence-corrected chi connectivity index (χ4v) is 3.28. The molecule has 1 heterocycles. The molecule has 0 saturated carbocycles. The zero-order valence-corrected chi connectivity index (χ0v) is 13.7. The van der Waals surface area contributed by atoms with Crippen molar-refractivity contribution in [2.75, 3.05) is 30.5 Å². The molecule has 1 aromatic heterocycles. The van der Waals surface area contributed by atoms with Crippen molar-refractivity contribution < 1.29 is 0 Å². The third-order valence-corrected chi connectivity index (χ3v) is 4.76. The predicted octanol–water partition coefficient (Wildman–Crippen LogP) is 3.39. The van der Waals surface area contributed by atoms with Crippen LogP contribution in [0.3, 0.4) is 0 Å². The van der Waals surface area contributed by atoms with Crippen LogP contribution in [0.15, 0.2) is 5.38 Å². The zero-order valence-electron chi connectivity index (χ0n) is 12.1. The first-order valence-electron chi connectivity index (χ1n) is 6.50. The van der Waals surface area contributed by atoms with Gasteiger partial charge in [-0.15, -0.1) is 11.3 Å². The van der Waals surface area contributed by atoms with Crippen molar-refractivity contribution in [1.82, 2.24) is 10.3 Å². The van der Waals surface area contributed by atoms with Gasteiger partial charge in [0, 0.05) is 24.5 Å². The summed E-state index contributed by atoms with van der Waals surface area (Å²) in [6, 6.07) is 0.890. The molecule has 0 aliphatic carbocycles. The van der Waals surface area contributed by atoms with Gasteiger partial charge in [0.1, 0.15) is 0 Å². The van der Waals surface area contributed by atoms with Crippen LogP contribution < -0.4 is 10.2 Å². The summed E-state index contributed by atoms with van der Waals surface area (Å²) in [5, 5.41) is 6.70. The van der Waals surface area contributed by atoms with Gasteiger partial charge >= 0.3 is 0 Å². The van der Waals surface area contributed by atoms with Crippen molar-refractivity contribution in [1.29, 1.82) is 0 Å². The maximum absolute atomic E-state index is 4.73. The smallest absolute Gasteiger partial charge is 0.185 e. The summed E-state index contributed by atoms with van der Waals surface area (Å²) in [7, 11) is 2.14. The fourth-order valence-electron chi connectivity index (χ4n) is 1.72. The lowest BCUT2D eigenvalue weighted by Crippen LogP contribution is -2.29. The normalized spacial score (nSPS) is 14.5. The molecule has 0 fully saturated rings. The van der Waals surface area contributed by atoms with Crippen LogP contribution in [0.25, 0.3) is 0 Å². The molecule has 0 aliphatic heterocycles. The summed E-state index contributed by atoms with van der Waals surface area (Å²) in [6.07, 6.45) is 3.36. The maximum atomic E-state index is 4.73. The highest BCUT2D eigenvalue weighted by molar-refractivity contribution is 7.98. The Hall–Kier alpha value is -0.260. The molecular weight excluding hydrogens is 262 g/mol. The first-order chi connectivity index (χ1) is 8.60. The summed E-state index contributed by atoms with van der Waals surface area (Å²) in [5.41, 5.74) is 1.15. The molecule has 3 nitrogen and oxygen atoms in total. The Bertz CT molecular complexity index is 341. The van der Waals surface area contributed by atoms with Crippen LogP contribution in [-0.4, -0.2) is 36.6 Å². The van der Waals surface area contributed by atoms with Crippen molar-refractivity contribution in [2.24, 2.45) is 0 Å². The Labute approximate surface area is 119 Å². The van der Waals surface area contributed by atoms with Gasteiger partial charge in [-0.1, -0.05) is 6.92 Å². The van der Waals surface area contributed by atoms with Crippen molar-refractivity contribution in [3.05, 3.63) is 11.1 Å². The maximum Gasteiger partial charge on any atom is 0.185 e. The number of hydrogen-bond acceptors (Lipinski definition) is 5. The van der Waals surface area contributed by atoms with E-state index in [0.717, 1.165) is 17.4 Å². The fraction of sp³-hybridized carbons (Fsp3) is 0.769. The lowest BCUT2D eigenvalue weighted by molar-refractivity contribution is 0.584. The zero-order chi connectivity index (χ0) is 13.5. The summed E-state index contributed by atoms with van der Waals surface area (Å²) in [4.78, 5) is 7.03. The standard InChI is InChI=1S/C13H25N3S2/c1-6-14-11(3)12-9-18-13(15-12)16(4)10(2)7-8-17-5/h9-11,14H,6-8H2,1-5H3. The van der Waals surface area contributed by atoms with Gasteiger partial charge in [-0.25, -0.2) is 4.98 Å². The third-order valence-electron chi connectivity index (χ3n) is 3.17. The molecule has 0 bridgehead atoms. The first-order valence-corrected chi connectivity index (χ1v) is 8.78. The number of rotatable bonds is 8. The highest BCUT2D eigenvalue weighted by Crippen LogP contribution is 2.25. The van der Waals surface area contributed by atoms with Crippen LogP contribution in [0, 0.1) is 0 Å². The molecule has 0 aliphatic rings. The summed E-state index contributed by atoms with van der Waals surface area (Å²) < 4.78 is 0. The Morgan fingerprint density at radius 2 is 2.22 bits per heavy atom. The SMILES string of the molecule is CCNC(C)c1csc(N(C)C(C)CCSC)n1. The van der Waals surface area contributed by atoms with E-state index in [-0.39, 0.29) is 0 Å². The Balaban J connectivity index is 2.61.